The van der Waals surface area contributed by atoms with Crippen LogP contribution < -0.4 is 10.3 Å². The molecule has 0 saturated heterocycles. The Hall–Kier alpha value is -1.70. The molecule has 0 spiro atoms. The van der Waals surface area contributed by atoms with Crippen LogP contribution in [0.5, 0.6) is 0 Å². The van der Waals surface area contributed by atoms with Crippen LogP contribution in [0.3, 0.4) is 0 Å². The molecule has 0 bridgehead atoms. The van der Waals surface area contributed by atoms with Gasteiger partial charge in [0, 0.05) is 4.88 Å². The fourth-order valence-corrected chi connectivity index (χ4v) is 5.92. The molecule has 7 heteroatoms. The maximum Gasteiger partial charge on any atom is 0.276 e. The van der Waals surface area contributed by atoms with Crippen molar-refractivity contribution in [2.45, 2.75) is 56.8 Å². The molecule has 4 rings (SSSR count). The molecule has 0 unspecified atom stereocenters. The molecule has 27 heavy (non-hydrogen) atoms. The van der Waals surface area contributed by atoms with Crippen molar-refractivity contribution in [3.05, 3.63) is 50.7 Å². The van der Waals surface area contributed by atoms with E-state index < -0.39 is 15.9 Å². The highest BCUT2D eigenvalue weighted by molar-refractivity contribution is 7.89. The lowest BCUT2D eigenvalue weighted by Crippen LogP contribution is -2.41. The number of aryl methyl sites for hydroxylation is 3. The molecule has 0 aliphatic heterocycles. The number of fused-ring (bicyclic) bond motifs is 2. The van der Waals surface area contributed by atoms with Gasteiger partial charge in [-0.1, -0.05) is 13.0 Å². The Balaban J connectivity index is 1.45. The van der Waals surface area contributed by atoms with Crippen LogP contribution in [-0.2, 0) is 35.7 Å². The lowest BCUT2D eigenvalue weighted by Gasteiger charge is -2.16. The Morgan fingerprint density at radius 2 is 1.85 bits per heavy atom. The Labute approximate surface area is 164 Å². The molecular formula is C20H24N2O3S2. The van der Waals surface area contributed by atoms with E-state index in [2.05, 4.69) is 17.2 Å². The zero-order chi connectivity index (χ0) is 19.0. The van der Waals surface area contributed by atoms with Gasteiger partial charge in [0.05, 0.1) is 9.77 Å². The summed E-state index contributed by atoms with van der Waals surface area (Å²) in [5.41, 5.74) is 5.91. The first-order valence-electron chi connectivity index (χ1n) is 9.48. The molecule has 0 saturated carbocycles. The van der Waals surface area contributed by atoms with E-state index in [-0.39, 0.29) is 4.90 Å². The number of hydrazine groups is 1. The zero-order valence-corrected chi connectivity index (χ0v) is 17.0. The summed E-state index contributed by atoms with van der Waals surface area (Å²) >= 11 is 1.46. The van der Waals surface area contributed by atoms with Gasteiger partial charge in [0.1, 0.15) is 0 Å². The third kappa shape index (κ3) is 3.95. The van der Waals surface area contributed by atoms with Gasteiger partial charge >= 0.3 is 0 Å². The second-order valence-corrected chi connectivity index (χ2v) is 10.4. The quantitative estimate of drug-likeness (QED) is 0.767. The molecule has 2 aliphatic carbocycles. The monoisotopic (exact) mass is 404 g/mol. The minimum atomic E-state index is -3.79. The van der Waals surface area contributed by atoms with Gasteiger partial charge in [0.2, 0.25) is 0 Å². The lowest BCUT2D eigenvalue weighted by atomic mass is 9.90. The third-order valence-corrected chi connectivity index (χ3v) is 7.96. The number of amides is 1. The van der Waals surface area contributed by atoms with Crippen molar-refractivity contribution in [2.75, 3.05) is 0 Å². The van der Waals surface area contributed by atoms with Crippen molar-refractivity contribution in [1.82, 2.24) is 10.3 Å². The number of nitrogens with one attached hydrogen (secondary N) is 2. The van der Waals surface area contributed by atoms with E-state index in [0.717, 1.165) is 50.5 Å². The first kappa shape index (κ1) is 18.7. The summed E-state index contributed by atoms with van der Waals surface area (Å²) in [4.78, 5) is 16.7. The Bertz CT molecular complexity index is 979. The molecule has 1 atom stereocenters. The molecule has 2 aromatic rings. The average molecular weight is 405 g/mol. The smallest absolute Gasteiger partial charge is 0.273 e. The van der Waals surface area contributed by atoms with E-state index in [1.165, 1.54) is 27.3 Å². The van der Waals surface area contributed by atoms with Gasteiger partial charge in [-0.3, -0.25) is 10.2 Å². The predicted octanol–water partition coefficient (Wildman–Crippen LogP) is 3.38. The van der Waals surface area contributed by atoms with Crippen LogP contribution in [-0.4, -0.2) is 14.3 Å². The van der Waals surface area contributed by atoms with E-state index in [9.17, 15) is 13.2 Å². The highest BCUT2D eigenvalue weighted by Crippen LogP contribution is 2.32. The number of rotatable bonds is 4. The molecular weight excluding hydrogens is 380 g/mol. The largest absolute Gasteiger partial charge is 0.276 e. The minimum absolute atomic E-state index is 0.197. The second-order valence-electron chi connectivity index (χ2n) is 7.60. The first-order valence-corrected chi connectivity index (χ1v) is 11.8. The van der Waals surface area contributed by atoms with E-state index in [1.54, 1.807) is 12.1 Å². The van der Waals surface area contributed by atoms with Crippen molar-refractivity contribution in [3.8, 4) is 0 Å². The number of carbonyl (C=O) groups excluding carboxylic acids is 1. The summed E-state index contributed by atoms with van der Waals surface area (Å²) in [5.74, 6) is 0.231. The Morgan fingerprint density at radius 3 is 2.67 bits per heavy atom. The molecule has 1 aromatic heterocycles. The van der Waals surface area contributed by atoms with E-state index in [4.69, 9.17) is 0 Å². The van der Waals surface area contributed by atoms with Crippen LogP contribution in [0.25, 0.3) is 0 Å². The number of carbonyl (C=O) groups is 1. The summed E-state index contributed by atoms with van der Waals surface area (Å²) in [5, 5.41) is 0. The molecule has 5 nitrogen and oxygen atoms in total. The number of sulfonamides is 1. The lowest BCUT2D eigenvalue weighted by molar-refractivity contribution is 0.0949. The maximum atomic E-state index is 12.6. The summed E-state index contributed by atoms with van der Waals surface area (Å²) in [7, 11) is -3.79. The van der Waals surface area contributed by atoms with Crippen LogP contribution >= 0.6 is 11.3 Å². The molecule has 144 valence electrons. The van der Waals surface area contributed by atoms with E-state index in [0.29, 0.717) is 10.8 Å². The normalized spacial score (nSPS) is 19.2. The zero-order valence-electron chi connectivity index (χ0n) is 15.4. The Morgan fingerprint density at radius 1 is 1.07 bits per heavy atom. The molecule has 0 radical (unpaired) electrons. The van der Waals surface area contributed by atoms with Gasteiger partial charge in [-0.15, -0.1) is 16.2 Å². The highest BCUT2D eigenvalue weighted by Gasteiger charge is 2.22. The number of hydrogen-bond acceptors (Lipinski definition) is 4. The van der Waals surface area contributed by atoms with E-state index in [1.807, 2.05) is 12.1 Å². The predicted molar refractivity (Wildman–Crippen MR) is 106 cm³/mol. The van der Waals surface area contributed by atoms with Crippen LogP contribution in [0.4, 0.5) is 0 Å². The molecule has 2 aliphatic rings. The average Bonchev–Trinajstić information content (AvgIpc) is 3.09. The topological polar surface area (TPSA) is 75.3 Å². The van der Waals surface area contributed by atoms with Crippen molar-refractivity contribution >= 4 is 27.3 Å². The molecule has 0 fully saturated rings. The second kappa shape index (κ2) is 7.37. The summed E-state index contributed by atoms with van der Waals surface area (Å²) < 4.78 is 25.1. The fourth-order valence-electron chi connectivity index (χ4n) is 3.93. The van der Waals surface area contributed by atoms with Crippen LogP contribution in [0.15, 0.2) is 29.2 Å². The summed E-state index contributed by atoms with van der Waals surface area (Å²) in [6.07, 6.45) is 7.26. The van der Waals surface area contributed by atoms with Gasteiger partial charge in [0.25, 0.3) is 15.9 Å². The molecule has 1 heterocycles. The number of benzene rings is 1. The maximum absolute atomic E-state index is 12.6. The highest BCUT2D eigenvalue weighted by atomic mass is 32.2. The van der Waals surface area contributed by atoms with Gasteiger partial charge < -0.3 is 0 Å². The van der Waals surface area contributed by atoms with Gasteiger partial charge in [-0.25, -0.2) is 8.42 Å². The van der Waals surface area contributed by atoms with Crippen molar-refractivity contribution in [3.63, 3.8) is 0 Å². The van der Waals surface area contributed by atoms with E-state index >= 15 is 0 Å². The van der Waals surface area contributed by atoms with Gasteiger partial charge in [-0.05, 0) is 85.8 Å². The van der Waals surface area contributed by atoms with Gasteiger partial charge in [0.15, 0.2) is 0 Å². The van der Waals surface area contributed by atoms with Crippen LogP contribution in [0, 0.1) is 5.92 Å². The number of hydrogen-bond donors (Lipinski definition) is 2. The summed E-state index contributed by atoms with van der Waals surface area (Å²) in [6, 6.07) is 7.13. The van der Waals surface area contributed by atoms with Crippen molar-refractivity contribution < 1.29 is 13.2 Å². The Kier molecular flexibility index (Phi) is 5.09. The van der Waals surface area contributed by atoms with Crippen LogP contribution in [0.1, 0.15) is 57.4 Å². The number of thiophene rings is 1. The fraction of sp³-hybridized carbons (Fsp3) is 0.450. The SMILES string of the molecule is C[C@H]1CCc2sc(C(=O)NNS(=O)(=O)c3ccc4c(c3)CCCC4)cc2C1. The van der Waals surface area contributed by atoms with Crippen LogP contribution in [0.2, 0.25) is 0 Å². The molecule has 1 amide bonds. The summed E-state index contributed by atoms with van der Waals surface area (Å²) in [6.45, 7) is 2.22. The van der Waals surface area contributed by atoms with Crippen molar-refractivity contribution in [2.24, 2.45) is 5.92 Å². The van der Waals surface area contributed by atoms with Gasteiger partial charge in [-0.2, -0.15) is 0 Å². The molecule has 1 aromatic carbocycles. The standard InChI is InChI=1S/C20H24N2O3S2/c1-13-6-9-18-16(10-13)12-19(26-18)20(23)21-22-27(24,25)17-8-7-14-4-2-3-5-15(14)11-17/h7-8,11-13,22H,2-6,9-10H2,1H3,(H,21,23)/t13-/m0/s1. The molecule has 2 N–H and O–H groups in total. The first-order chi connectivity index (χ1) is 12.9. The van der Waals surface area contributed by atoms with Crippen molar-refractivity contribution in [1.29, 1.82) is 0 Å². The minimum Gasteiger partial charge on any atom is -0.273 e. The third-order valence-electron chi connectivity index (χ3n) is 5.48.